The van der Waals surface area contributed by atoms with Gasteiger partial charge in [-0.05, 0) is 6.42 Å². The van der Waals surface area contributed by atoms with Gasteiger partial charge in [0.2, 0.25) is 0 Å². The molecule has 0 atom stereocenters. The Morgan fingerprint density at radius 1 is 1.47 bits per heavy atom. The molecule has 3 N–H and O–H groups in total. The topological polar surface area (TPSA) is 84.1 Å². The van der Waals surface area contributed by atoms with Gasteiger partial charge in [0.1, 0.15) is 5.69 Å². The van der Waals surface area contributed by atoms with Crippen LogP contribution in [0.5, 0.6) is 0 Å². The van der Waals surface area contributed by atoms with Gasteiger partial charge in [0.15, 0.2) is 5.82 Å². The predicted molar refractivity (Wildman–Crippen MR) is 76.9 cm³/mol. The van der Waals surface area contributed by atoms with E-state index in [1.807, 2.05) is 16.7 Å². The van der Waals surface area contributed by atoms with Crippen LogP contribution in [0.3, 0.4) is 0 Å². The molecule has 2 heterocycles. The Bertz CT molecular complexity index is 465. The average molecular weight is 281 g/mol. The fraction of sp³-hybridized carbons (Fsp3) is 0.583. The fourth-order valence-corrected chi connectivity index (χ4v) is 3.02. The maximum absolute atomic E-state index is 12.4. The highest BCUT2D eigenvalue weighted by atomic mass is 32.2. The van der Waals surface area contributed by atoms with E-state index in [2.05, 4.69) is 29.2 Å². The van der Waals surface area contributed by atoms with Crippen LogP contribution in [0.1, 0.15) is 30.8 Å². The zero-order valence-electron chi connectivity index (χ0n) is 11.2. The van der Waals surface area contributed by atoms with Crippen molar-refractivity contribution in [2.24, 2.45) is 5.84 Å². The number of hydrogen-bond donors (Lipinski definition) is 2. The number of carbonyl (C=O) groups excluding carboxylic acids is 1. The molecule has 0 bridgehead atoms. The Morgan fingerprint density at radius 3 is 3.00 bits per heavy atom. The van der Waals surface area contributed by atoms with Gasteiger partial charge < -0.3 is 10.3 Å². The van der Waals surface area contributed by atoms with Crippen LogP contribution in [0.15, 0.2) is 12.4 Å². The fourth-order valence-electron chi connectivity index (χ4n) is 1.92. The number of anilines is 1. The minimum atomic E-state index is -0.0806. The van der Waals surface area contributed by atoms with Gasteiger partial charge in [0.25, 0.3) is 5.91 Å². The van der Waals surface area contributed by atoms with Crippen molar-refractivity contribution in [3.8, 4) is 0 Å². The number of thioether (sulfide) groups is 1. The molecule has 6 nitrogen and oxygen atoms in total. The monoisotopic (exact) mass is 281 g/mol. The number of nitrogens with one attached hydrogen (secondary N) is 1. The number of nitrogens with zero attached hydrogens (tertiary/aromatic N) is 3. The molecule has 0 aromatic carbocycles. The van der Waals surface area contributed by atoms with Gasteiger partial charge in [0.05, 0.1) is 12.4 Å². The molecule has 1 fully saturated rings. The first-order valence-corrected chi connectivity index (χ1v) is 7.22. The zero-order chi connectivity index (χ0) is 13.9. The van der Waals surface area contributed by atoms with Crippen LogP contribution in [0.2, 0.25) is 0 Å². The van der Waals surface area contributed by atoms with Gasteiger partial charge in [-0.15, -0.1) is 0 Å². The second kappa shape index (κ2) is 5.75. The normalized spacial score (nSPS) is 18.8. The zero-order valence-corrected chi connectivity index (χ0v) is 12.0. The number of rotatable bonds is 2. The van der Waals surface area contributed by atoms with Crippen molar-refractivity contribution in [2.75, 3.05) is 24.3 Å². The van der Waals surface area contributed by atoms with Crippen molar-refractivity contribution < 1.29 is 4.79 Å². The summed E-state index contributed by atoms with van der Waals surface area (Å²) in [5.74, 6) is 6.54. The molecule has 0 unspecified atom stereocenters. The van der Waals surface area contributed by atoms with E-state index in [9.17, 15) is 4.79 Å². The van der Waals surface area contributed by atoms with Crippen molar-refractivity contribution in [1.29, 1.82) is 0 Å². The molecule has 0 saturated carbocycles. The quantitative estimate of drug-likeness (QED) is 0.624. The van der Waals surface area contributed by atoms with Crippen LogP contribution in [0.4, 0.5) is 5.82 Å². The van der Waals surface area contributed by atoms with Crippen LogP contribution in [0.25, 0.3) is 0 Å². The molecule has 1 aliphatic rings. The molecular weight excluding hydrogens is 262 g/mol. The first-order chi connectivity index (χ1) is 9.02. The maximum atomic E-state index is 12.4. The summed E-state index contributed by atoms with van der Waals surface area (Å²) in [4.78, 5) is 22.3. The predicted octanol–water partition coefficient (Wildman–Crippen LogP) is 1.12. The second-order valence-corrected chi connectivity index (χ2v) is 6.89. The molecule has 0 spiro atoms. The van der Waals surface area contributed by atoms with Crippen LogP contribution < -0.4 is 11.3 Å². The first-order valence-electron chi connectivity index (χ1n) is 6.24. The van der Waals surface area contributed by atoms with E-state index in [1.54, 1.807) is 0 Å². The molecule has 104 valence electrons. The van der Waals surface area contributed by atoms with Crippen molar-refractivity contribution in [3.05, 3.63) is 18.1 Å². The summed E-state index contributed by atoms with van der Waals surface area (Å²) in [6.45, 7) is 5.92. The van der Waals surface area contributed by atoms with Crippen LogP contribution >= 0.6 is 11.8 Å². The van der Waals surface area contributed by atoms with Crippen molar-refractivity contribution in [3.63, 3.8) is 0 Å². The highest BCUT2D eigenvalue weighted by Gasteiger charge is 2.27. The summed E-state index contributed by atoms with van der Waals surface area (Å²) in [6, 6.07) is 0. The Morgan fingerprint density at radius 2 is 2.26 bits per heavy atom. The number of hydrazine groups is 1. The highest BCUT2D eigenvalue weighted by molar-refractivity contribution is 8.00. The molecule has 1 aromatic heterocycles. The Labute approximate surface area is 117 Å². The standard InChI is InChI=1S/C12H19N5OS/c1-12(2)3-4-17(5-6-19-12)11(18)9-7-14-8-10(15-9)16-13/h7-8H,3-6,13H2,1-2H3,(H,15,16). The number of nitrogen functional groups attached to an aromatic ring is 1. The number of amides is 1. The van der Waals surface area contributed by atoms with Gasteiger partial charge in [0, 0.05) is 23.6 Å². The molecule has 1 aliphatic heterocycles. The van der Waals surface area contributed by atoms with E-state index in [0.29, 0.717) is 11.5 Å². The van der Waals surface area contributed by atoms with Crippen molar-refractivity contribution >= 4 is 23.5 Å². The maximum Gasteiger partial charge on any atom is 0.274 e. The van der Waals surface area contributed by atoms with Gasteiger partial charge in [-0.3, -0.25) is 9.78 Å². The molecule has 0 aliphatic carbocycles. The molecule has 7 heteroatoms. The average Bonchev–Trinajstić information content (AvgIpc) is 2.59. The third-order valence-electron chi connectivity index (χ3n) is 3.13. The summed E-state index contributed by atoms with van der Waals surface area (Å²) in [5.41, 5.74) is 2.74. The summed E-state index contributed by atoms with van der Waals surface area (Å²) in [6.07, 6.45) is 3.94. The number of aromatic nitrogens is 2. The number of hydrogen-bond acceptors (Lipinski definition) is 6. The first kappa shape index (κ1) is 14.1. The lowest BCUT2D eigenvalue weighted by molar-refractivity contribution is 0.0758. The van der Waals surface area contributed by atoms with Gasteiger partial charge in [-0.1, -0.05) is 13.8 Å². The third-order valence-corrected chi connectivity index (χ3v) is 4.50. The Balaban J connectivity index is 2.10. The van der Waals surface area contributed by atoms with Crippen molar-refractivity contribution in [1.82, 2.24) is 14.9 Å². The summed E-state index contributed by atoms with van der Waals surface area (Å²) in [5, 5.41) is 0. The molecule has 1 aromatic rings. The van der Waals surface area contributed by atoms with E-state index < -0.39 is 0 Å². The molecule has 1 amide bonds. The largest absolute Gasteiger partial charge is 0.336 e. The molecule has 19 heavy (non-hydrogen) atoms. The number of nitrogens with two attached hydrogens (primary N) is 1. The van der Waals surface area contributed by atoms with Crippen LogP contribution in [-0.2, 0) is 0 Å². The molecule has 0 radical (unpaired) electrons. The van der Waals surface area contributed by atoms with E-state index >= 15 is 0 Å². The van der Waals surface area contributed by atoms with Gasteiger partial charge in [-0.2, -0.15) is 11.8 Å². The second-order valence-electron chi connectivity index (χ2n) is 5.08. The van der Waals surface area contributed by atoms with Crippen LogP contribution in [-0.4, -0.2) is 44.4 Å². The lowest BCUT2D eigenvalue weighted by Crippen LogP contribution is -2.34. The highest BCUT2D eigenvalue weighted by Crippen LogP contribution is 2.30. The smallest absolute Gasteiger partial charge is 0.274 e. The molecule has 2 rings (SSSR count). The minimum Gasteiger partial charge on any atom is -0.336 e. The summed E-state index contributed by atoms with van der Waals surface area (Å²) in [7, 11) is 0. The third kappa shape index (κ3) is 3.57. The summed E-state index contributed by atoms with van der Waals surface area (Å²) >= 11 is 1.90. The Hall–Kier alpha value is -1.34. The van der Waals surface area contributed by atoms with Crippen LogP contribution in [0, 0.1) is 0 Å². The van der Waals surface area contributed by atoms with E-state index in [1.165, 1.54) is 12.4 Å². The number of carbonyl (C=O) groups is 1. The van der Waals surface area contributed by atoms with Gasteiger partial charge >= 0.3 is 0 Å². The van der Waals surface area contributed by atoms with E-state index in [-0.39, 0.29) is 10.7 Å². The lowest BCUT2D eigenvalue weighted by Gasteiger charge is -2.22. The Kier molecular flexibility index (Phi) is 4.26. The lowest BCUT2D eigenvalue weighted by atomic mass is 10.1. The SMILES string of the molecule is CC1(C)CCN(C(=O)c2cncc(NN)n2)CCS1. The van der Waals surface area contributed by atoms with Gasteiger partial charge in [-0.25, -0.2) is 10.8 Å². The van der Waals surface area contributed by atoms with Crippen molar-refractivity contribution in [2.45, 2.75) is 25.0 Å². The molecule has 1 saturated heterocycles. The van der Waals surface area contributed by atoms with E-state index in [0.717, 1.165) is 25.3 Å². The minimum absolute atomic E-state index is 0.0806. The molecular formula is C12H19N5OS. The van der Waals surface area contributed by atoms with E-state index in [4.69, 9.17) is 5.84 Å². The summed E-state index contributed by atoms with van der Waals surface area (Å²) < 4.78 is 0.224.